The molecule has 1 unspecified atom stereocenters. The highest BCUT2D eigenvalue weighted by Crippen LogP contribution is 2.37. The predicted molar refractivity (Wildman–Crippen MR) is 108 cm³/mol. The van der Waals surface area contributed by atoms with Crippen molar-refractivity contribution < 1.29 is 21.8 Å². The smallest absolute Gasteiger partial charge is 0.367 e. The Labute approximate surface area is 180 Å². The molecule has 2 aromatic carbocycles. The SMILES string of the molecule is O=S(Nc1ncns1)c1cc(Cl)c(CN2CCc3cc(C(F)(F)F)ccc32)cc1F. The Morgan fingerprint density at radius 1 is 1.27 bits per heavy atom. The predicted octanol–water partition coefficient (Wildman–Crippen LogP) is 5.05. The summed E-state index contributed by atoms with van der Waals surface area (Å²) < 4.78 is 72.0. The maximum atomic E-state index is 14.6. The Morgan fingerprint density at radius 3 is 2.77 bits per heavy atom. The van der Waals surface area contributed by atoms with Crippen molar-refractivity contribution in [2.24, 2.45) is 0 Å². The second-order valence-corrected chi connectivity index (χ2v) is 8.87. The van der Waals surface area contributed by atoms with Gasteiger partial charge in [0.1, 0.15) is 12.1 Å². The molecule has 0 fully saturated rings. The van der Waals surface area contributed by atoms with E-state index in [1.54, 1.807) is 0 Å². The van der Waals surface area contributed by atoms with Crippen molar-refractivity contribution in [3.63, 3.8) is 0 Å². The first-order chi connectivity index (χ1) is 14.2. The van der Waals surface area contributed by atoms with Crippen LogP contribution in [0, 0.1) is 5.82 Å². The first-order valence-electron chi connectivity index (χ1n) is 8.60. The molecule has 3 aromatic rings. The van der Waals surface area contributed by atoms with E-state index in [-0.39, 0.29) is 21.6 Å². The molecule has 2 heterocycles. The number of alkyl halides is 3. The van der Waals surface area contributed by atoms with Crippen LogP contribution in [0.2, 0.25) is 5.02 Å². The van der Waals surface area contributed by atoms with Gasteiger partial charge in [0, 0.05) is 35.3 Å². The van der Waals surface area contributed by atoms with Crippen LogP contribution in [-0.2, 0) is 30.1 Å². The van der Waals surface area contributed by atoms with E-state index in [0.717, 1.165) is 23.7 Å². The first-order valence-corrected chi connectivity index (χ1v) is 10.9. The summed E-state index contributed by atoms with van der Waals surface area (Å²) in [5.74, 6) is -0.711. The van der Waals surface area contributed by atoms with Gasteiger partial charge in [0.05, 0.1) is 10.5 Å². The fourth-order valence-electron chi connectivity index (χ4n) is 3.20. The molecule has 1 aromatic heterocycles. The van der Waals surface area contributed by atoms with Crippen LogP contribution < -0.4 is 9.62 Å². The van der Waals surface area contributed by atoms with Crippen LogP contribution in [0.15, 0.2) is 41.6 Å². The second kappa shape index (κ2) is 8.12. The molecule has 1 N–H and O–H groups in total. The summed E-state index contributed by atoms with van der Waals surface area (Å²) in [6.45, 7) is 0.700. The number of halogens is 5. The van der Waals surface area contributed by atoms with E-state index in [2.05, 4.69) is 14.1 Å². The molecule has 0 amide bonds. The van der Waals surface area contributed by atoms with Crippen LogP contribution in [0.4, 0.5) is 28.4 Å². The fourth-order valence-corrected chi connectivity index (χ4v) is 4.94. The van der Waals surface area contributed by atoms with E-state index in [9.17, 15) is 21.8 Å². The maximum absolute atomic E-state index is 14.6. The molecule has 1 aliphatic rings. The van der Waals surface area contributed by atoms with Crippen molar-refractivity contribution in [1.29, 1.82) is 0 Å². The van der Waals surface area contributed by atoms with Gasteiger partial charge in [0.2, 0.25) is 5.13 Å². The Bertz CT molecular complexity index is 1110. The molecule has 30 heavy (non-hydrogen) atoms. The molecule has 0 spiro atoms. The molecule has 0 aliphatic carbocycles. The molecular weight excluding hydrogens is 464 g/mol. The highest BCUT2D eigenvalue weighted by Gasteiger charge is 2.32. The van der Waals surface area contributed by atoms with E-state index in [4.69, 9.17) is 11.6 Å². The fraction of sp³-hybridized carbons (Fsp3) is 0.222. The molecule has 12 heteroatoms. The monoisotopic (exact) mass is 476 g/mol. The zero-order chi connectivity index (χ0) is 21.5. The molecular formula is C18H13ClF4N4OS2. The average Bonchev–Trinajstić information content (AvgIpc) is 3.33. The lowest BCUT2D eigenvalue weighted by Crippen LogP contribution is -2.20. The van der Waals surface area contributed by atoms with Crippen LogP contribution in [0.5, 0.6) is 0 Å². The summed E-state index contributed by atoms with van der Waals surface area (Å²) in [7, 11) is -1.92. The summed E-state index contributed by atoms with van der Waals surface area (Å²) in [5, 5.41) is 0.485. The number of rotatable bonds is 5. The summed E-state index contributed by atoms with van der Waals surface area (Å²) in [6, 6.07) is 6.07. The van der Waals surface area contributed by atoms with E-state index in [1.165, 1.54) is 24.5 Å². The Kier molecular flexibility index (Phi) is 5.69. The lowest BCUT2D eigenvalue weighted by molar-refractivity contribution is -0.137. The Balaban J connectivity index is 1.54. The zero-order valence-electron chi connectivity index (χ0n) is 15.0. The maximum Gasteiger partial charge on any atom is 0.416 e. The van der Waals surface area contributed by atoms with Gasteiger partial charge in [0.25, 0.3) is 0 Å². The van der Waals surface area contributed by atoms with Crippen LogP contribution in [-0.4, -0.2) is 20.1 Å². The van der Waals surface area contributed by atoms with Crippen molar-refractivity contribution in [2.45, 2.75) is 24.0 Å². The number of benzene rings is 2. The number of aromatic nitrogens is 2. The zero-order valence-corrected chi connectivity index (χ0v) is 17.4. The molecule has 1 atom stereocenters. The van der Waals surface area contributed by atoms with Crippen molar-refractivity contribution in [3.05, 3.63) is 64.2 Å². The molecule has 158 valence electrons. The lowest BCUT2D eigenvalue weighted by Gasteiger charge is -2.21. The molecule has 5 nitrogen and oxygen atoms in total. The van der Waals surface area contributed by atoms with Crippen molar-refractivity contribution in [1.82, 2.24) is 9.36 Å². The third-order valence-electron chi connectivity index (χ3n) is 4.60. The molecule has 4 rings (SSSR count). The van der Waals surface area contributed by atoms with Crippen LogP contribution in [0.3, 0.4) is 0 Å². The Hall–Kier alpha value is -2.24. The van der Waals surface area contributed by atoms with Gasteiger partial charge in [-0.2, -0.15) is 17.5 Å². The Morgan fingerprint density at radius 2 is 2.07 bits per heavy atom. The third kappa shape index (κ3) is 4.28. The first kappa shape index (κ1) is 21.0. The summed E-state index contributed by atoms with van der Waals surface area (Å²) in [4.78, 5) is 5.54. The minimum atomic E-state index is -4.40. The number of hydrogen-bond donors (Lipinski definition) is 1. The number of nitrogens with zero attached hydrogens (tertiary/aromatic N) is 3. The van der Waals surface area contributed by atoms with Crippen LogP contribution in [0.25, 0.3) is 0 Å². The number of hydrogen-bond acceptors (Lipinski definition) is 5. The minimum absolute atomic E-state index is 0.129. The lowest BCUT2D eigenvalue weighted by atomic mass is 10.1. The number of anilines is 2. The van der Waals surface area contributed by atoms with Gasteiger partial charge in [0.15, 0.2) is 11.0 Å². The minimum Gasteiger partial charge on any atom is -0.367 e. The standard InChI is InChI=1S/C18H13ClF4N4OS2/c19-13-7-16(30(28)26-17-24-9-25-29-17)14(20)6-11(13)8-27-4-3-10-5-12(18(21,22)23)1-2-15(10)27/h1-2,5-7,9H,3-4,8H2,(H,24,25,26). The van der Waals surface area contributed by atoms with E-state index >= 15 is 0 Å². The topological polar surface area (TPSA) is 58.1 Å². The largest absolute Gasteiger partial charge is 0.416 e. The van der Waals surface area contributed by atoms with Gasteiger partial charge >= 0.3 is 6.18 Å². The normalized spacial score (nSPS) is 14.6. The van der Waals surface area contributed by atoms with Gasteiger partial charge in [-0.25, -0.2) is 13.6 Å². The highest BCUT2D eigenvalue weighted by atomic mass is 35.5. The average molecular weight is 477 g/mol. The molecule has 1 aliphatic heterocycles. The molecule has 0 saturated carbocycles. The summed E-state index contributed by atoms with van der Waals surface area (Å²) >= 11 is 7.27. The number of nitrogens with one attached hydrogen (secondary N) is 1. The van der Waals surface area contributed by atoms with Gasteiger partial charge in [-0.3, -0.25) is 4.72 Å². The van der Waals surface area contributed by atoms with Crippen molar-refractivity contribution in [2.75, 3.05) is 16.2 Å². The summed E-state index contributed by atoms with van der Waals surface area (Å²) in [6.07, 6.45) is -2.67. The summed E-state index contributed by atoms with van der Waals surface area (Å²) in [5.41, 5.74) is 0.992. The number of fused-ring (bicyclic) bond motifs is 1. The van der Waals surface area contributed by atoms with E-state index in [1.807, 2.05) is 4.90 Å². The second-order valence-electron chi connectivity index (χ2n) is 6.50. The van der Waals surface area contributed by atoms with E-state index in [0.29, 0.717) is 29.8 Å². The molecule has 0 saturated heterocycles. The van der Waals surface area contributed by atoms with E-state index < -0.39 is 28.5 Å². The quantitative estimate of drug-likeness (QED) is 0.524. The van der Waals surface area contributed by atoms with Gasteiger partial charge in [-0.1, -0.05) is 11.6 Å². The highest BCUT2D eigenvalue weighted by molar-refractivity contribution is 7.86. The van der Waals surface area contributed by atoms with Gasteiger partial charge in [-0.15, -0.1) is 0 Å². The van der Waals surface area contributed by atoms with Gasteiger partial charge in [-0.05, 0) is 47.9 Å². The van der Waals surface area contributed by atoms with Crippen LogP contribution in [0.1, 0.15) is 16.7 Å². The van der Waals surface area contributed by atoms with Gasteiger partial charge < -0.3 is 4.90 Å². The van der Waals surface area contributed by atoms with Crippen molar-refractivity contribution in [3.8, 4) is 0 Å². The third-order valence-corrected chi connectivity index (χ3v) is 6.75. The molecule has 0 radical (unpaired) electrons. The van der Waals surface area contributed by atoms with Crippen molar-refractivity contribution >= 4 is 44.9 Å². The van der Waals surface area contributed by atoms with Crippen LogP contribution >= 0.6 is 23.1 Å². The molecule has 0 bridgehead atoms.